The molecule has 30 heavy (non-hydrogen) atoms. The number of rotatable bonds is 7. The van der Waals surface area contributed by atoms with Crippen LogP contribution >= 0.6 is 24.0 Å². The van der Waals surface area contributed by atoms with Gasteiger partial charge in [-0.1, -0.05) is 29.8 Å². The van der Waals surface area contributed by atoms with Crippen molar-refractivity contribution in [1.29, 1.82) is 0 Å². The molecule has 2 saturated heterocycles. The maximum Gasteiger partial charge on any atom is 0.224 e. The van der Waals surface area contributed by atoms with Crippen molar-refractivity contribution in [3.05, 3.63) is 35.4 Å². The molecule has 6 nitrogen and oxygen atoms in total. The Hall–Kier alpha value is -1.35. The highest BCUT2D eigenvalue weighted by atomic mass is 127. The fourth-order valence-corrected chi connectivity index (χ4v) is 4.12. The summed E-state index contributed by atoms with van der Waals surface area (Å²) >= 11 is 0. The van der Waals surface area contributed by atoms with Gasteiger partial charge in [-0.25, -0.2) is 0 Å². The van der Waals surface area contributed by atoms with Gasteiger partial charge < -0.3 is 20.3 Å². The van der Waals surface area contributed by atoms with Crippen molar-refractivity contribution in [1.82, 2.24) is 15.5 Å². The zero-order chi connectivity index (χ0) is 20.5. The van der Waals surface area contributed by atoms with Crippen molar-refractivity contribution in [3.63, 3.8) is 0 Å². The minimum absolute atomic E-state index is 0. The van der Waals surface area contributed by atoms with E-state index in [9.17, 15) is 4.79 Å². The van der Waals surface area contributed by atoms with Crippen molar-refractivity contribution in [2.75, 3.05) is 39.3 Å². The van der Waals surface area contributed by atoms with Crippen molar-refractivity contribution >= 4 is 35.8 Å². The van der Waals surface area contributed by atoms with Crippen LogP contribution < -0.4 is 10.6 Å². The molecule has 2 aliphatic rings. The first-order chi connectivity index (χ1) is 14.2. The average Bonchev–Trinajstić information content (AvgIpc) is 3.28. The maximum atomic E-state index is 12.2. The fourth-order valence-electron chi connectivity index (χ4n) is 4.12. The Morgan fingerprint density at radius 3 is 2.60 bits per heavy atom. The molecule has 3 rings (SSSR count). The molecule has 2 N–H and O–H groups in total. The second-order valence-electron chi connectivity index (χ2n) is 8.09. The normalized spacial score (nSPS) is 21.8. The number of aryl methyl sites for hydroxylation is 1. The molecule has 0 aliphatic carbocycles. The third kappa shape index (κ3) is 7.41. The Balaban J connectivity index is 0.00000320. The topological polar surface area (TPSA) is 66.0 Å². The van der Waals surface area contributed by atoms with Gasteiger partial charge in [0.15, 0.2) is 5.96 Å². The van der Waals surface area contributed by atoms with E-state index in [4.69, 9.17) is 9.73 Å². The zero-order valence-electron chi connectivity index (χ0n) is 18.4. The van der Waals surface area contributed by atoms with E-state index < -0.39 is 0 Å². The van der Waals surface area contributed by atoms with Crippen molar-refractivity contribution in [2.45, 2.75) is 52.1 Å². The smallest absolute Gasteiger partial charge is 0.224 e. The van der Waals surface area contributed by atoms with Gasteiger partial charge in [0.05, 0.1) is 6.10 Å². The predicted molar refractivity (Wildman–Crippen MR) is 132 cm³/mol. The van der Waals surface area contributed by atoms with Crippen LogP contribution in [0.1, 0.15) is 56.3 Å². The molecular formula is C23H37IN4O2. The Bertz CT molecular complexity index is 674. The van der Waals surface area contributed by atoms with Gasteiger partial charge in [0.2, 0.25) is 5.91 Å². The summed E-state index contributed by atoms with van der Waals surface area (Å²) in [7, 11) is 0. The average molecular weight is 528 g/mol. The molecule has 0 saturated carbocycles. The van der Waals surface area contributed by atoms with E-state index >= 15 is 0 Å². The molecule has 1 aromatic carbocycles. The summed E-state index contributed by atoms with van der Waals surface area (Å²) < 4.78 is 6.12. The zero-order valence-corrected chi connectivity index (χ0v) is 20.7. The third-order valence-electron chi connectivity index (χ3n) is 5.77. The number of nitrogens with zero attached hydrogens (tertiary/aromatic N) is 2. The number of carbonyl (C=O) groups excluding carboxylic acids is 1. The Kier molecular flexibility index (Phi) is 10.9. The van der Waals surface area contributed by atoms with Crippen LogP contribution in [0.4, 0.5) is 0 Å². The molecule has 1 amide bonds. The molecule has 2 unspecified atom stereocenters. The van der Waals surface area contributed by atoms with E-state index in [1.165, 1.54) is 11.1 Å². The van der Waals surface area contributed by atoms with E-state index in [0.29, 0.717) is 25.4 Å². The van der Waals surface area contributed by atoms with Crippen LogP contribution in [0.25, 0.3) is 0 Å². The second-order valence-corrected chi connectivity index (χ2v) is 8.09. The van der Waals surface area contributed by atoms with Gasteiger partial charge in [0.25, 0.3) is 0 Å². The minimum Gasteiger partial charge on any atom is -0.373 e. The van der Waals surface area contributed by atoms with Gasteiger partial charge in [0, 0.05) is 51.7 Å². The number of hydrogen-bond acceptors (Lipinski definition) is 3. The van der Waals surface area contributed by atoms with Gasteiger partial charge in [-0.05, 0) is 45.1 Å². The van der Waals surface area contributed by atoms with E-state index in [-0.39, 0.29) is 36.0 Å². The first kappa shape index (κ1) is 24.9. The summed E-state index contributed by atoms with van der Waals surface area (Å²) in [4.78, 5) is 19.0. The summed E-state index contributed by atoms with van der Waals surface area (Å²) in [6.07, 6.45) is 5.09. The van der Waals surface area contributed by atoms with Crippen LogP contribution in [0.3, 0.4) is 0 Å². The van der Waals surface area contributed by atoms with E-state index in [0.717, 1.165) is 57.9 Å². The van der Waals surface area contributed by atoms with Gasteiger partial charge >= 0.3 is 0 Å². The highest BCUT2D eigenvalue weighted by Gasteiger charge is 2.27. The molecule has 2 heterocycles. The number of ether oxygens (including phenoxy) is 1. The lowest BCUT2D eigenvalue weighted by Gasteiger charge is -2.31. The van der Waals surface area contributed by atoms with Crippen LogP contribution in [-0.4, -0.2) is 56.1 Å². The number of carbonyl (C=O) groups is 1. The van der Waals surface area contributed by atoms with E-state index in [1.54, 1.807) is 0 Å². The van der Waals surface area contributed by atoms with Crippen LogP contribution in [0.15, 0.2) is 29.3 Å². The molecule has 0 radical (unpaired) electrons. The lowest BCUT2D eigenvalue weighted by Crippen LogP contribution is -2.40. The maximum absolute atomic E-state index is 12.2. The fraction of sp³-hybridized carbons (Fsp3) is 0.652. The number of hydrogen-bond donors (Lipinski definition) is 2. The number of amides is 1. The minimum atomic E-state index is 0. The molecule has 0 bridgehead atoms. The van der Waals surface area contributed by atoms with Crippen LogP contribution in [0.2, 0.25) is 0 Å². The summed E-state index contributed by atoms with van der Waals surface area (Å²) in [6.45, 7) is 8.94. The van der Waals surface area contributed by atoms with Gasteiger partial charge in [0.1, 0.15) is 0 Å². The number of benzene rings is 1. The Morgan fingerprint density at radius 2 is 1.90 bits per heavy atom. The second kappa shape index (κ2) is 13.1. The molecule has 0 spiro atoms. The summed E-state index contributed by atoms with van der Waals surface area (Å²) in [6, 6.07) is 8.65. The number of guanidine groups is 1. The van der Waals surface area contributed by atoms with E-state index in [2.05, 4.69) is 48.7 Å². The van der Waals surface area contributed by atoms with Gasteiger partial charge in [-0.2, -0.15) is 0 Å². The van der Waals surface area contributed by atoms with Crippen LogP contribution in [0, 0.1) is 12.8 Å². The monoisotopic (exact) mass is 528 g/mol. The predicted octanol–water partition coefficient (Wildman–Crippen LogP) is 3.65. The van der Waals surface area contributed by atoms with Gasteiger partial charge in [-0.3, -0.25) is 9.79 Å². The number of nitrogens with one attached hydrogen (secondary N) is 2. The number of aliphatic imine (C=N–C) groups is 1. The molecule has 7 heteroatoms. The summed E-state index contributed by atoms with van der Waals surface area (Å²) in [5.74, 6) is 1.40. The quantitative estimate of drug-likeness (QED) is 0.322. The molecule has 2 aliphatic heterocycles. The van der Waals surface area contributed by atoms with Gasteiger partial charge in [-0.15, -0.1) is 24.0 Å². The van der Waals surface area contributed by atoms with Crippen molar-refractivity contribution < 1.29 is 9.53 Å². The molecular weight excluding hydrogens is 491 g/mol. The number of likely N-dealkylation sites (tertiary alicyclic amines) is 1. The van der Waals surface area contributed by atoms with Crippen LogP contribution in [-0.2, 0) is 9.53 Å². The summed E-state index contributed by atoms with van der Waals surface area (Å²) in [5.41, 5.74) is 2.51. The molecule has 2 atom stereocenters. The third-order valence-corrected chi connectivity index (χ3v) is 5.77. The van der Waals surface area contributed by atoms with Crippen LogP contribution in [0.5, 0.6) is 0 Å². The van der Waals surface area contributed by atoms with Crippen molar-refractivity contribution in [2.24, 2.45) is 10.9 Å². The Labute approximate surface area is 198 Å². The van der Waals surface area contributed by atoms with Crippen molar-refractivity contribution in [3.8, 4) is 0 Å². The Morgan fingerprint density at radius 1 is 1.17 bits per heavy atom. The first-order valence-corrected chi connectivity index (χ1v) is 11.2. The first-order valence-electron chi connectivity index (χ1n) is 11.2. The largest absolute Gasteiger partial charge is 0.373 e. The molecule has 0 aromatic heterocycles. The SMILES string of the molecule is CCNC(=NCC1CCCOC1c1ccc(C)cc1)NCCC(=O)N1CCCC1.I. The van der Waals surface area contributed by atoms with E-state index in [1.807, 2.05) is 4.90 Å². The highest BCUT2D eigenvalue weighted by Crippen LogP contribution is 2.33. The lowest BCUT2D eigenvalue weighted by molar-refractivity contribution is -0.129. The lowest BCUT2D eigenvalue weighted by atomic mass is 9.89. The standard InChI is InChI=1S/C23H36N4O2.HI/c1-3-24-23(25-13-12-21(28)27-14-4-5-15-27)26-17-20-7-6-16-29-22(20)19-10-8-18(2)9-11-19;/h8-11,20,22H,3-7,12-17H2,1-2H3,(H2,24,25,26);1H. The number of halogens is 1. The molecule has 1 aromatic rings. The summed E-state index contributed by atoms with van der Waals surface area (Å²) in [5, 5.41) is 6.63. The molecule has 2 fully saturated rings. The highest BCUT2D eigenvalue weighted by molar-refractivity contribution is 14.0. The molecule has 168 valence electrons.